The number of amides is 2. The standard InChI is InChI=1S/C13H20N6O6S/c14-8-3-5-17(6-4-8)12-16-15-11(24-12)10-2-1-9-7-18(10)13(20)19(9)25-26(21,22)23/h8-10H,1-7,14H2,(H,21,22,23)/t9-,10-/m0/s1. The molecule has 2 amide bonds. The Kier molecular flexibility index (Phi) is 4.25. The highest BCUT2D eigenvalue weighted by Gasteiger charge is 2.49. The second kappa shape index (κ2) is 6.33. The van der Waals surface area contributed by atoms with E-state index >= 15 is 0 Å². The average molecular weight is 388 g/mol. The van der Waals surface area contributed by atoms with E-state index in [1.54, 1.807) is 0 Å². The normalized spacial score (nSPS) is 27.5. The Morgan fingerprint density at radius 3 is 2.62 bits per heavy atom. The van der Waals surface area contributed by atoms with Gasteiger partial charge in [0, 0.05) is 25.7 Å². The first-order chi connectivity index (χ1) is 12.3. The number of carbonyl (C=O) groups excluding carboxylic acids is 1. The summed E-state index contributed by atoms with van der Waals surface area (Å²) in [4.78, 5) is 15.8. The van der Waals surface area contributed by atoms with Crippen LogP contribution in [0.25, 0.3) is 0 Å². The highest BCUT2D eigenvalue weighted by molar-refractivity contribution is 7.80. The Morgan fingerprint density at radius 1 is 1.19 bits per heavy atom. The number of nitrogens with zero attached hydrogens (tertiary/aromatic N) is 5. The number of hydrogen-bond acceptors (Lipinski definition) is 9. The molecule has 2 atom stereocenters. The molecular formula is C13H20N6O6S. The van der Waals surface area contributed by atoms with Crippen LogP contribution >= 0.6 is 0 Å². The summed E-state index contributed by atoms with van der Waals surface area (Å²) >= 11 is 0. The van der Waals surface area contributed by atoms with E-state index in [0.717, 1.165) is 25.9 Å². The third-order valence-electron chi connectivity index (χ3n) is 5.02. The lowest BCUT2D eigenvalue weighted by Crippen LogP contribution is -2.39. The molecule has 2 bridgehead atoms. The van der Waals surface area contributed by atoms with Crippen molar-refractivity contribution in [1.82, 2.24) is 20.2 Å². The van der Waals surface area contributed by atoms with Gasteiger partial charge in [0.25, 0.3) is 0 Å². The van der Waals surface area contributed by atoms with E-state index in [0.29, 0.717) is 29.8 Å². The molecule has 3 saturated heterocycles. The van der Waals surface area contributed by atoms with Crippen molar-refractivity contribution in [3.05, 3.63) is 5.89 Å². The van der Waals surface area contributed by atoms with Crippen molar-refractivity contribution >= 4 is 22.4 Å². The second-order valence-electron chi connectivity index (χ2n) is 6.76. The van der Waals surface area contributed by atoms with Gasteiger partial charge in [0.05, 0.1) is 6.04 Å². The summed E-state index contributed by atoms with van der Waals surface area (Å²) in [5, 5.41) is 8.84. The van der Waals surface area contributed by atoms with Gasteiger partial charge < -0.3 is 20.0 Å². The maximum atomic E-state index is 12.4. The minimum atomic E-state index is -4.77. The van der Waals surface area contributed by atoms with Crippen LogP contribution in [0.5, 0.6) is 0 Å². The average Bonchev–Trinajstić information content (AvgIpc) is 3.15. The van der Waals surface area contributed by atoms with Crippen LogP contribution in [0, 0.1) is 0 Å². The zero-order valence-electron chi connectivity index (χ0n) is 13.9. The maximum absolute atomic E-state index is 12.4. The highest BCUT2D eigenvalue weighted by Crippen LogP contribution is 2.38. The number of urea groups is 1. The smallest absolute Gasteiger partial charge is 0.406 e. The summed E-state index contributed by atoms with van der Waals surface area (Å²) < 4.78 is 40.9. The van der Waals surface area contributed by atoms with Gasteiger partial charge >= 0.3 is 22.4 Å². The molecule has 4 heterocycles. The number of hydroxylamine groups is 2. The Balaban J connectivity index is 1.49. The lowest BCUT2D eigenvalue weighted by atomic mass is 10.0. The van der Waals surface area contributed by atoms with Crippen molar-refractivity contribution < 1.29 is 26.5 Å². The van der Waals surface area contributed by atoms with Crippen LogP contribution in [0.2, 0.25) is 0 Å². The van der Waals surface area contributed by atoms with E-state index in [1.165, 1.54) is 4.90 Å². The van der Waals surface area contributed by atoms with Crippen molar-refractivity contribution in [2.24, 2.45) is 5.73 Å². The summed E-state index contributed by atoms with van der Waals surface area (Å²) in [5.74, 6) is 0.301. The molecule has 12 nitrogen and oxygen atoms in total. The van der Waals surface area contributed by atoms with Crippen molar-refractivity contribution in [2.75, 3.05) is 24.5 Å². The van der Waals surface area contributed by atoms with Gasteiger partial charge in [0.15, 0.2) is 0 Å². The molecule has 0 saturated carbocycles. The fourth-order valence-electron chi connectivity index (χ4n) is 3.67. The molecule has 0 spiro atoms. The lowest BCUT2D eigenvalue weighted by molar-refractivity contribution is -0.0317. The first-order valence-electron chi connectivity index (χ1n) is 8.42. The fraction of sp³-hybridized carbons (Fsp3) is 0.769. The molecule has 13 heteroatoms. The molecule has 0 radical (unpaired) electrons. The number of rotatable bonds is 4. The Bertz CT molecular complexity index is 791. The van der Waals surface area contributed by atoms with E-state index in [1.807, 2.05) is 4.90 Å². The van der Waals surface area contributed by atoms with E-state index in [4.69, 9.17) is 14.7 Å². The molecule has 3 aliphatic heterocycles. The molecule has 1 aromatic rings. The third-order valence-corrected chi connectivity index (χ3v) is 5.37. The van der Waals surface area contributed by atoms with E-state index in [9.17, 15) is 13.2 Å². The molecule has 0 aliphatic carbocycles. The van der Waals surface area contributed by atoms with Gasteiger partial charge in [-0.1, -0.05) is 5.10 Å². The van der Waals surface area contributed by atoms with Gasteiger partial charge in [-0.2, -0.15) is 13.5 Å². The quantitative estimate of drug-likeness (QED) is 0.655. The molecule has 0 unspecified atom stereocenters. The molecular weight excluding hydrogens is 368 g/mol. The van der Waals surface area contributed by atoms with Gasteiger partial charge in [0.2, 0.25) is 5.89 Å². The topological polar surface area (TPSA) is 155 Å². The van der Waals surface area contributed by atoms with Gasteiger partial charge in [0.1, 0.15) is 6.04 Å². The lowest BCUT2D eigenvalue weighted by Gasteiger charge is -2.29. The predicted octanol–water partition coefficient (Wildman–Crippen LogP) is -0.327. The van der Waals surface area contributed by atoms with Crippen LogP contribution in [0.3, 0.4) is 0 Å². The molecule has 0 aromatic carbocycles. The number of hydrogen-bond donors (Lipinski definition) is 2. The van der Waals surface area contributed by atoms with Crippen molar-refractivity contribution in [3.8, 4) is 0 Å². The number of anilines is 1. The maximum Gasteiger partial charge on any atom is 0.418 e. The predicted molar refractivity (Wildman–Crippen MR) is 86.1 cm³/mol. The number of carbonyl (C=O) groups is 1. The summed E-state index contributed by atoms with van der Waals surface area (Å²) in [6, 6.07) is -0.987. The van der Waals surface area contributed by atoms with E-state index < -0.39 is 28.5 Å². The van der Waals surface area contributed by atoms with E-state index in [2.05, 4.69) is 14.5 Å². The van der Waals surface area contributed by atoms with Crippen LogP contribution in [0.1, 0.15) is 37.6 Å². The van der Waals surface area contributed by atoms with Crippen molar-refractivity contribution in [2.45, 2.75) is 43.8 Å². The number of fused-ring (bicyclic) bond motifs is 2. The van der Waals surface area contributed by atoms with Crippen LogP contribution in [-0.4, -0.2) is 70.9 Å². The van der Waals surface area contributed by atoms with Crippen LogP contribution in [0.15, 0.2) is 4.42 Å². The Labute approximate surface area is 149 Å². The van der Waals surface area contributed by atoms with Crippen molar-refractivity contribution in [3.63, 3.8) is 0 Å². The monoisotopic (exact) mass is 388 g/mol. The second-order valence-corrected chi connectivity index (χ2v) is 7.76. The molecule has 4 rings (SSSR count). The number of nitrogens with two attached hydrogens (primary N) is 1. The summed E-state index contributed by atoms with van der Waals surface area (Å²) in [6.45, 7) is 1.72. The van der Waals surface area contributed by atoms with Gasteiger partial charge in [-0.3, -0.25) is 4.55 Å². The molecule has 3 fully saturated rings. The first kappa shape index (κ1) is 17.5. The number of aromatic nitrogens is 2. The molecule has 1 aromatic heterocycles. The minimum Gasteiger partial charge on any atom is -0.406 e. The van der Waals surface area contributed by atoms with Crippen LogP contribution < -0.4 is 10.6 Å². The minimum absolute atomic E-state index is 0.180. The fourth-order valence-corrected chi connectivity index (χ4v) is 4.06. The van der Waals surface area contributed by atoms with Gasteiger partial charge in [-0.15, -0.1) is 9.38 Å². The summed E-state index contributed by atoms with van der Waals surface area (Å²) in [5.41, 5.74) is 5.90. The first-order valence-corrected chi connectivity index (χ1v) is 9.79. The van der Waals surface area contributed by atoms with E-state index in [-0.39, 0.29) is 12.6 Å². The number of piperidine rings is 2. The molecule has 3 aliphatic rings. The highest BCUT2D eigenvalue weighted by atomic mass is 32.3. The molecule has 144 valence electrons. The summed E-state index contributed by atoms with van der Waals surface area (Å²) in [7, 11) is -4.77. The van der Waals surface area contributed by atoms with Crippen LogP contribution in [-0.2, 0) is 14.7 Å². The third kappa shape index (κ3) is 3.22. The zero-order chi connectivity index (χ0) is 18.5. The Morgan fingerprint density at radius 2 is 1.92 bits per heavy atom. The van der Waals surface area contributed by atoms with Crippen molar-refractivity contribution in [1.29, 1.82) is 0 Å². The van der Waals surface area contributed by atoms with Gasteiger partial charge in [-0.25, -0.2) is 4.79 Å². The summed E-state index contributed by atoms with van der Waals surface area (Å²) in [6.07, 6.45) is 2.69. The Hall–Kier alpha value is -1.96. The molecule has 26 heavy (non-hydrogen) atoms. The van der Waals surface area contributed by atoms with Gasteiger partial charge in [-0.05, 0) is 25.7 Å². The SMILES string of the molecule is NC1CCN(c2nnc([C@@H]3CC[C@H]4CN3C(=O)N4OS(=O)(=O)O)o2)CC1. The zero-order valence-corrected chi connectivity index (χ0v) is 14.7. The van der Waals surface area contributed by atoms with Crippen LogP contribution in [0.4, 0.5) is 10.8 Å². The molecule has 3 N–H and O–H groups in total. The largest absolute Gasteiger partial charge is 0.418 e.